The highest BCUT2D eigenvalue weighted by Gasteiger charge is 2.31. The molecule has 158 valence electrons. The number of anilines is 2. The number of aromatic nitrogens is 8. The third kappa shape index (κ3) is 3.60. The van der Waals surface area contributed by atoms with E-state index in [4.69, 9.17) is 5.73 Å². The summed E-state index contributed by atoms with van der Waals surface area (Å²) in [7, 11) is 1.99. The van der Waals surface area contributed by atoms with Gasteiger partial charge < -0.3 is 10.6 Å². The number of piperidine rings is 1. The van der Waals surface area contributed by atoms with Gasteiger partial charge in [-0.1, -0.05) is 6.07 Å². The number of nitrogens with two attached hydrogens (primary N) is 1. The number of hydrogen-bond donors (Lipinski definition) is 1. The zero-order valence-electron chi connectivity index (χ0n) is 17.5. The second kappa shape index (κ2) is 7.78. The van der Waals surface area contributed by atoms with Gasteiger partial charge in [-0.15, -0.1) is 25.2 Å². The minimum atomic E-state index is -0.0153. The van der Waals surface area contributed by atoms with Gasteiger partial charge in [0.1, 0.15) is 0 Å². The van der Waals surface area contributed by atoms with Crippen LogP contribution in [0.4, 0.5) is 11.6 Å². The third-order valence-electron chi connectivity index (χ3n) is 5.59. The highest BCUT2D eigenvalue weighted by molar-refractivity contribution is 5.58. The Labute approximate surface area is 179 Å². The molecule has 1 aliphatic rings. The first-order valence-corrected chi connectivity index (χ1v) is 10.3. The molecular weight excluding hydrogens is 392 g/mol. The first-order chi connectivity index (χ1) is 15.1. The van der Waals surface area contributed by atoms with Crippen molar-refractivity contribution in [1.82, 2.24) is 40.0 Å². The summed E-state index contributed by atoms with van der Waals surface area (Å²) in [5.74, 6) is 2.28. The number of rotatable bonds is 4. The van der Waals surface area contributed by atoms with Gasteiger partial charge >= 0.3 is 0 Å². The van der Waals surface area contributed by atoms with Crippen LogP contribution < -0.4 is 10.6 Å². The smallest absolute Gasteiger partial charge is 0.227 e. The van der Waals surface area contributed by atoms with Gasteiger partial charge in [-0.3, -0.25) is 9.55 Å². The highest BCUT2D eigenvalue weighted by Crippen LogP contribution is 2.33. The Morgan fingerprint density at radius 3 is 2.81 bits per heavy atom. The first-order valence-electron chi connectivity index (χ1n) is 10.3. The van der Waals surface area contributed by atoms with Crippen molar-refractivity contribution in [3.8, 4) is 17.1 Å². The fraction of sp³-hybridized carbons (Fsp3) is 0.333. The summed E-state index contributed by atoms with van der Waals surface area (Å²) in [5.41, 5.74) is 9.29. The molecule has 10 heteroatoms. The van der Waals surface area contributed by atoms with Crippen molar-refractivity contribution < 1.29 is 0 Å². The van der Waals surface area contributed by atoms with Crippen LogP contribution in [0.1, 0.15) is 36.8 Å². The van der Waals surface area contributed by atoms with Gasteiger partial charge in [-0.2, -0.15) is 0 Å². The Kier molecular flexibility index (Phi) is 4.81. The Morgan fingerprint density at radius 2 is 1.97 bits per heavy atom. The quantitative estimate of drug-likeness (QED) is 0.504. The Hall–Kier alpha value is -3.82. The van der Waals surface area contributed by atoms with E-state index in [1.807, 2.05) is 54.9 Å². The molecule has 4 heterocycles. The van der Waals surface area contributed by atoms with Gasteiger partial charge in [0.25, 0.3) is 0 Å². The van der Waals surface area contributed by atoms with Crippen LogP contribution in [0.5, 0.6) is 0 Å². The fourth-order valence-corrected chi connectivity index (χ4v) is 4.06. The number of nitrogen functional groups attached to an aromatic ring is 1. The number of nitrogens with zero attached hydrogens (tertiary/aromatic N) is 9. The summed E-state index contributed by atoms with van der Waals surface area (Å²) in [6, 6.07) is 11.4. The molecule has 1 saturated heterocycles. The van der Waals surface area contributed by atoms with Crippen LogP contribution in [0.25, 0.3) is 17.1 Å². The summed E-state index contributed by atoms with van der Waals surface area (Å²) in [5, 5.41) is 22.3. The number of benzene rings is 1. The lowest BCUT2D eigenvalue weighted by atomic mass is 10.0. The van der Waals surface area contributed by atoms with E-state index in [9.17, 15) is 0 Å². The van der Waals surface area contributed by atoms with Crippen LogP contribution in [0, 0.1) is 6.92 Å². The van der Waals surface area contributed by atoms with Gasteiger partial charge in [0.2, 0.25) is 5.95 Å². The average molecular weight is 416 g/mol. The second-order valence-electron chi connectivity index (χ2n) is 7.81. The predicted molar refractivity (Wildman–Crippen MR) is 116 cm³/mol. The molecule has 0 aliphatic carbocycles. The van der Waals surface area contributed by atoms with E-state index in [1.54, 1.807) is 6.20 Å². The highest BCUT2D eigenvalue weighted by atomic mass is 15.6. The Morgan fingerprint density at radius 1 is 1.06 bits per heavy atom. The number of hydrogen-bond acceptors (Lipinski definition) is 8. The van der Waals surface area contributed by atoms with Gasteiger partial charge in [-0.25, -0.2) is 0 Å². The SMILES string of the molecule is Cc1cc(-c2nnc(N3CCCC[C@@H]3c3nnn(-c4cccc(N)c4)n3)n2C)ccn1. The molecule has 4 aromatic rings. The van der Waals surface area contributed by atoms with Crippen LogP contribution in [0.3, 0.4) is 0 Å². The lowest BCUT2D eigenvalue weighted by Gasteiger charge is -2.34. The molecule has 0 amide bonds. The van der Waals surface area contributed by atoms with Crippen molar-refractivity contribution in [3.05, 3.63) is 54.1 Å². The molecule has 3 aromatic heterocycles. The molecule has 0 radical (unpaired) electrons. The summed E-state index contributed by atoms with van der Waals surface area (Å²) in [6.07, 6.45) is 4.90. The van der Waals surface area contributed by atoms with E-state index < -0.39 is 0 Å². The lowest BCUT2D eigenvalue weighted by molar-refractivity contribution is 0.445. The molecule has 0 saturated carbocycles. The molecule has 10 nitrogen and oxygen atoms in total. The molecule has 1 atom stereocenters. The largest absolute Gasteiger partial charge is 0.399 e. The summed E-state index contributed by atoms with van der Waals surface area (Å²) >= 11 is 0. The maximum Gasteiger partial charge on any atom is 0.227 e. The molecule has 1 aromatic carbocycles. The molecule has 1 aliphatic heterocycles. The molecule has 31 heavy (non-hydrogen) atoms. The lowest BCUT2D eigenvalue weighted by Crippen LogP contribution is -2.36. The van der Waals surface area contributed by atoms with Crippen LogP contribution >= 0.6 is 0 Å². The summed E-state index contributed by atoms with van der Waals surface area (Å²) < 4.78 is 2.02. The minimum absolute atomic E-state index is 0.0153. The zero-order valence-corrected chi connectivity index (χ0v) is 17.5. The summed E-state index contributed by atoms with van der Waals surface area (Å²) in [6.45, 7) is 2.83. The predicted octanol–water partition coefficient (Wildman–Crippen LogP) is 2.48. The van der Waals surface area contributed by atoms with Gasteiger partial charge in [0.15, 0.2) is 11.6 Å². The van der Waals surface area contributed by atoms with E-state index in [-0.39, 0.29) is 6.04 Å². The van der Waals surface area contributed by atoms with E-state index >= 15 is 0 Å². The van der Waals surface area contributed by atoms with E-state index in [1.165, 1.54) is 4.80 Å². The van der Waals surface area contributed by atoms with E-state index in [2.05, 4.69) is 35.5 Å². The van der Waals surface area contributed by atoms with Crippen LogP contribution in [-0.2, 0) is 7.05 Å². The zero-order chi connectivity index (χ0) is 21.4. The van der Waals surface area contributed by atoms with Crippen molar-refractivity contribution >= 4 is 11.6 Å². The maximum absolute atomic E-state index is 5.90. The molecule has 5 rings (SSSR count). The van der Waals surface area contributed by atoms with E-state index in [0.29, 0.717) is 11.5 Å². The summed E-state index contributed by atoms with van der Waals surface area (Å²) in [4.78, 5) is 8.03. The first kappa shape index (κ1) is 19.2. The van der Waals surface area contributed by atoms with Gasteiger partial charge in [0, 0.05) is 36.7 Å². The molecule has 0 bridgehead atoms. The fourth-order valence-electron chi connectivity index (χ4n) is 4.06. The van der Waals surface area contributed by atoms with Gasteiger partial charge in [-0.05, 0) is 61.7 Å². The number of aryl methyl sites for hydroxylation is 1. The normalized spacial score (nSPS) is 16.6. The number of tetrazole rings is 1. The molecule has 2 N–H and O–H groups in total. The molecule has 0 unspecified atom stereocenters. The van der Waals surface area contributed by atoms with Crippen LogP contribution in [-0.4, -0.2) is 46.5 Å². The second-order valence-corrected chi connectivity index (χ2v) is 7.81. The molecule has 0 spiro atoms. The number of pyridine rings is 1. The van der Waals surface area contributed by atoms with Crippen molar-refractivity contribution in [3.63, 3.8) is 0 Å². The standard InChI is InChI=1S/C21H24N10/c1-14-12-15(9-10-23-14)20-25-26-21(29(20)2)30-11-4-3-8-18(30)19-24-28-31(27-19)17-7-5-6-16(22)13-17/h5-7,9-10,12-13,18H,3-4,8,11,22H2,1-2H3/t18-/m1/s1. The van der Waals surface area contributed by atoms with Crippen molar-refractivity contribution in [2.75, 3.05) is 17.2 Å². The van der Waals surface area contributed by atoms with Crippen LogP contribution in [0.15, 0.2) is 42.6 Å². The van der Waals surface area contributed by atoms with Crippen molar-refractivity contribution in [1.29, 1.82) is 0 Å². The Balaban J connectivity index is 1.47. The Bertz CT molecular complexity index is 1210. The molecule has 1 fully saturated rings. The maximum atomic E-state index is 5.90. The van der Waals surface area contributed by atoms with Gasteiger partial charge in [0.05, 0.1) is 11.7 Å². The average Bonchev–Trinajstić information content (AvgIpc) is 3.41. The van der Waals surface area contributed by atoms with Crippen LogP contribution in [0.2, 0.25) is 0 Å². The third-order valence-corrected chi connectivity index (χ3v) is 5.59. The topological polar surface area (TPSA) is 116 Å². The molecular formula is C21H24N10. The monoisotopic (exact) mass is 416 g/mol. The van der Waals surface area contributed by atoms with Crippen molar-refractivity contribution in [2.24, 2.45) is 7.05 Å². The minimum Gasteiger partial charge on any atom is -0.399 e. The van der Waals surface area contributed by atoms with E-state index in [0.717, 1.165) is 54.5 Å². The van der Waals surface area contributed by atoms with Crippen molar-refractivity contribution in [2.45, 2.75) is 32.2 Å².